The molecule has 130 valence electrons. The van der Waals surface area contributed by atoms with E-state index in [1.54, 1.807) is 11.2 Å². The number of carbonyl (C=O) groups excluding carboxylic acids is 1. The largest absolute Gasteiger partial charge is 0.444 e. The van der Waals surface area contributed by atoms with E-state index in [4.69, 9.17) is 16.3 Å². The van der Waals surface area contributed by atoms with Crippen LogP contribution in [0.1, 0.15) is 33.6 Å². The summed E-state index contributed by atoms with van der Waals surface area (Å²) >= 11 is 7.51. The number of likely N-dealkylation sites (tertiary alicyclic amines) is 1. The number of hydrogen-bond acceptors (Lipinski definition) is 6. The van der Waals surface area contributed by atoms with Gasteiger partial charge in [0.25, 0.3) is 0 Å². The maximum Gasteiger partial charge on any atom is 0.410 e. The highest BCUT2D eigenvalue weighted by atomic mass is 35.5. The van der Waals surface area contributed by atoms with Crippen LogP contribution >= 0.6 is 22.9 Å². The molecule has 1 amide bonds. The van der Waals surface area contributed by atoms with Crippen molar-refractivity contribution in [3.63, 3.8) is 0 Å². The average Bonchev–Trinajstić information content (AvgIpc) is 2.87. The minimum atomic E-state index is -0.461. The number of nitrogens with zero attached hydrogens (tertiary/aromatic N) is 3. The molecule has 2 aromatic rings. The Kier molecular flexibility index (Phi) is 4.83. The maximum absolute atomic E-state index is 12.1. The van der Waals surface area contributed by atoms with Gasteiger partial charge in [0.05, 0.1) is 9.72 Å². The molecule has 1 saturated heterocycles. The second-order valence-electron chi connectivity index (χ2n) is 6.88. The first-order valence-corrected chi connectivity index (χ1v) is 9.16. The van der Waals surface area contributed by atoms with Crippen molar-refractivity contribution >= 4 is 45.1 Å². The summed E-state index contributed by atoms with van der Waals surface area (Å²) in [5.74, 6) is 0.805. The highest BCUT2D eigenvalue weighted by Crippen LogP contribution is 2.32. The van der Waals surface area contributed by atoms with E-state index in [0.29, 0.717) is 17.4 Å². The van der Waals surface area contributed by atoms with Crippen LogP contribution in [0.25, 0.3) is 10.2 Å². The maximum atomic E-state index is 12.1. The van der Waals surface area contributed by atoms with Crippen LogP contribution in [0.5, 0.6) is 0 Å². The highest BCUT2D eigenvalue weighted by Gasteiger charge is 2.27. The molecule has 3 heterocycles. The lowest BCUT2D eigenvalue weighted by atomic mass is 10.1. The van der Waals surface area contributed by atoms with Crippen LogP contribution in [0.15, 0.2) is 12.4 Å². The molecule has 0 saturated carbocycles. The first kappa shape index (κ1) is 17.2. The Hall–Kier alpha value is -1.60. The Morgan fingerprint density at radius 3 is 2.75 bits per heavy atom. The third-order valence-corrected chi connectivity index (χ3v) is 4.96. The van der Waals surface area contributed by atoms with Gasteiger partial charge in [0.15, 0.2) is 0 Å². The third kappa shape index (κ3) is 4.08. The molecule has 0 unspecified atom stereocenters. The molecule has 0 aliphatic carbocycles. The quantitative estimate of drug-likeness (QED) is 0.862. The van der Waals surface area contributed by atoms with E-state index in [9.17, 15) is 4.79 Å². The van der Waals surface area contributed by atoms with E-state index in [0.717, 1.165) is 28.9 Å². The Labute approximate surface area is 150 Å². The molecule has 1 aliphatic rings. The van der Waals surface area contributed by atoms with E-state index in [2.05, 4.69) is 15.3 Å². The third-order valence-electron chi connectivity index (χ3n) is 3.79. The highest BCUT2D eigenvalue weighted by molar-refractivity contribution is 7.22. The SMILES string of the molecule is CC(C)(C)OC(=O)N1CCC(Nc2ncnc3sc(Cl)cc23)CC1. The van der Waals surface area contributed by atoms with Crippen LogP contribution in [0.3, 0.4) is 0 Å². The number of hydrogen-bond donors (Lipinski definition) is 1. The fourth-order valence-electron chi connectivity index (χ4n) is 2.67. The number of ether oxygens (including phenoxy) is 1. The van der Waals surface area contributed by atoms with Gasteiger partial charge < -0.3 is 15.0 Å². The minimum Gasteiger partial charge on any atom is -0.444 e. The van der Waals surface area contributed by atoms with Gasteiger partial charge in [-0.15, -0.1) is 11.3 Å². The van der Waals surface area contributed by atoms with Crippen molar-refractivity contribution in [1.29, 1.82) is 0 Å². The van der Waals surface area contributed by atoms with Gasteiger partial charge in [0.1, 0.15) is 22.6 Å². The summed E-state index contributed by atoms with van der Waals surface area (Å²) in [5.41, 5.74) is -0.461. The van der Waals surface area contributed by atoms with Gasteiger partial charge in [-0.25, -0.2) is 14.8 Å². The van der Waals surface area contributed by atoms with Crippen molar-refractivity contribution in [3.05, 3.63) is 16.7 Å². The van der Waals surface area contributed by atoms with E-state index in [1.165, 1.54) is 11.3 Å². The minimum absolute atomic E-state index is 0.241. The van der Waals surface area contributed by atoms with E-state index >= 15 is 0 Å². The lowest BCUT2D eigenvalue weighted by Gasteiger charge is -2.33. The van der Waals surface area contributed by atoms with Crippen molar-refractivity contribution in [2.75, 3.05) is 18.4 Å². The van der Waals surface area contributed by atoms with Crippen molar-refractivity contribution in [2.24, 2.45) is 0 Å². The van der Waals surface area contributed by atoms with Crippen LogP contribution in [0.4, 0.5) is 10.6 Å². The molecule has 0 bridgehead atoms. The van der Waals surface area contributed by atoms with Crippen LogP contribution in [0, 0.1) is 0 Å². The first-order valence-electron chi connectivity index (χ1n) is 7.96. The summed E-state index contributed by atoms with van der Waals surface area (Å²) in [6, 6.07) is 2.15. The number of piperidine rings is 1. The number of thiophene rings is 1. The van der Waals surface area contributed by atoms with Gasteiger partial charge in [-0.05, 0) is 39.7 Å². The van der Waals surface area contributed by atoms with Gasteiger partial charge in [0.2, 0.25) is 0 Å². The molecule has 6 nitrogen and oxygen atoms in total. The molecule has 0 atom stereocenters. The summed E-state index contributed by atoms with van der Waals surface area (Å²) in [6.07, 6.45) is 3.01. The number of fused-ring (bicyclic) bond motifs is 1. The predicted molar refractivity (Wildman–Crippen MR) is 96.9 cm³/mol. The smallest absolute Gasteiger partial charge is 0.410 e. The zero-order valence-corrected chi connectivity index (χ0v) is 15.6. The van der Waals surface area contributed by atoms with Crippen molar-refractivity contribution in [1.82, 2.24) is 14.9 Å². The second kappa shape index (κ2) is 6.72. The predicted octanol–water partition coefficient (Wildman–Crippen LogP) is 4.16. The van der Waals surface area contributed by atoms with Crippen LogP contribution < -0.4 is 5.32 Å². The van der Waals surface area contributed by atoms with Crippen LogP contribution in [0.2, 0.25) is 4.34 Å². The first-order chi connectivity index (χ1) is 11.3. The molecule has 2 aromatic heterocycles. The number of halogens is 1. The summed E-state index contributed by atoms with van der Waals surface area (Å²) in [6.45, 7) is 6.99. The standard InChI is InChI=1S/C16H21ClN4O2S/c1-16(2,3)23-15(22)21-6-4-10(5-7-21)20-13-11-8-12(17)24-14(11)19-9-18-13/h8-10H,4-7H2,1-3H3,(H,18,19,20). The summed E-state index contributed by atoms with van der Waals surface area (Å²) in [4.78, 5) is 23.3. The molecule has 1 fully saturated rings. The second-order valence-corrected chi connectivity index (χ2v) is 8.54. The van der Waals surface area contributed by atoms with Gasteiger partial charge in [-0.1, -0.05) is 11.6 Å². The fourth-order valence-corrected chi connectivity index (χ4v) is 3.72. The van der Waals surface area contributed by atoms with E-state index in [1.807, 2.05) is 26.8 Å². The number of rotatable bonds is 2. The zero-order chi connectivity index (χ0) is 17.3. The molecular weight excluding hydrogens is 348 g/mol. The number of amides is 1. The Bertz CT molecular complexity index is 735. The van der Waals surface area contributed by atoms with Crippen LogP contribution in [-0.2, 0) is 4.74 Å². The molecule has 1 aliphatic heterocycles. The normalized spacial score (nSPS) is 16.4. The van der Waals surface area contributed by atoms with E-state index in [-0.39, 0.29) is 12.1 Å². The van der Waals surface area contributed by atoms with Crippen molar-refractivity contribution < 1.29 is 9.53 Å². The van der Waals surface area contributed by atoms with Gasteiger partial charge in [0, 0.05) is 19.1 Å². The molecule has 24 heavy (non-hydrogen) atoms. The van der Waals surface area contributed by atoms with Gasteiger partial charge in [-0.3, -0.25) is 0 Å². The molecule has 8 heteroatoms. The molecule has 1 N–H and O–H groups in total. The molecule has 0 radical (unpaired) electrons. The van der Waals surface area contributed by atoms with Gasteiger partial charge in [-0.2, -0.15) is 0 Å². The monoisotopic (exact) mass is 368 g/mol. The molecular formula is C16H21ClN4O2S. The summed E-state index contributed by atoms with van der Waals surface area (Å²) in [7, 11) is 0. The Morgan fingerprint density at radius 2 is 2.08 bits per heavy atom. The molecule has 0 spiro atoms. The van der Waals surface area contributed by atoms with Crippen molar-refractivity contribution in [3.8, 4) is 0 Å². The van der Waals surface area contributed by atoms with E-state index < -0.39 is 5.60 Å². The molecule has 0 aromatic carbocycles. The fraction of sp³-hybridized carbons (Fsp3) is 0.562. The number of aromatic nitrogens is 2. The Morgan fingerprint density at radius 1 is 1.38 bits per heavy atom. The lowest BCUT2D eigenvalue weighted by Crippen LogP contribution is -2.44. The van der Waals surface area contributed by atoms with Crippen LogP contribution in [-0.4, -0.2) is 45.7 Å². The Balaban J connectivity index is 1.60. The topological polar surface area (TPSA) is 67.3 Å². The molecule has 3 rings (SSSR count). The number of anilines is 1. The zero-order valence-electron chi connectivity index (χ0n) is 14.0. The number of carbonyl (C=O) groups is 1. The number of nitrogens with one attached hydrogen (secondary N) is 1. The summed E-state index contributed by atoms with van der Waals surface area (Å²) < 4.78 is 6.13. The van der Waals surface area contributed by atoms with Crippen molar-refractivity contribution in [2.45, 2.75) is 45.3 Å². The average molecular weight is 369 g/mol. The summed E-state index contributed by atoms with van der Waals surface area (Å²) in [5, 5.41) is 4.41. The van der Waals surface area contributed by atoms with Gasteiger partial charge >= 0.3 is 6.09 Å². The lowest BCUT2D eigenvalue weighted by molar-refractivity contribution is 0.0210.